The Labute approximate surface area is 127 Å². The number of carbonyl (C=O) groups is 1. The van der Waals surface area contributed by atoms with Crippen molar-refractivity contribution in [3.05, 3.63) is 29.8 Å². The first-order valence-corrected chi connectivity index (χ1v) is 7.47. The Kier molecular flexibility index (Phi) is 5.39. The Balaban J connectivity index is 1.91. The summed E-state index contributed by atoms with van der Waals surface area (Å²) in [4.78, 5) is 12.0. The van der Waals surface area contributed by atoms with E-state index in [1.165, 1.54) is 24.3 Å². The summed E-state index contributed by atoms with van der Waals surface area (Å²) in [7, 11) is 0. The number of halogens is 3. The molecule has 0 aromatic heterocycles. The summed E-state index contributed by atoms with van der Waals surface area (Å²) in [5.41, 5.74) is 0.412. The van der Waals surface area contributed by atoms with Crippen molar-refractivity contribution in [2.24, 2.45) is 5.41 Å². The fourth-order valence-corrected chi connectivity index (χ4v) is 3.00. The number of rotatable bonds is 6. The first-order chi connectivity index (χ1) is 10.0. The average molecular weight is 318 g/mol. The molecule has 1 saturated carbocycles. The molecule has 1 aromatic carbocycles. The molecule has 0 atom stereocenters. The van der Waals surface area contributed by atoms with E-state index in [2.05, 4.69) is 10.1 Å². The van der Waals surface area contributed by atoms with Crippen LogP contribution in [0.25, 0.3) is 0 Å². The van der Waals surface area contributed by atoms with Crippen molar-refractivity contribution in [2.45, 2.75) is 32.3 Å². The number of hydrogen-bond donors (Lipinski definition) is 1. The van der Waals surface area contributed by atoms with Gasteiger partial charge in [0, 0.05) is 23.4 Å². The third kappa shape index (κ3) is 4.30. The minimum Gasteiger partial charge on any atom is -0.435 e. The number of alkyl halides is 3. The van der Waals surface area contributed by atoms with Crippen molar-refractivity contribution < 1.29 is 18.3 Å². The lowest BCUT2D eigenvalue weighted by Crippen LogP contribution is -2.37. The Hall–Kier alpha value is -1.36. The van der Waals surface area contributed by atoms with E-state index < -0.39 is 6.61 Å². The van der Waals surface area contributed by atoms with E-state index in [9.17, 15) is 13.6 Å². The summed E-state index contributed by atoms with van der Waals surface area (Å²) < 4.78 is 28.3. The van der Waals surface area contributed by atoms with Crippen LogP contribution < -0.4 is 10.1 Å². The second-order valence-electron chi connectivity index (χ2n) is 5.43. The van der Waals surface area contributed by atoms with Gasteiger partial charge in [-0.05, 0) is 37.1 Å². The van der Waals surface area contributed by atoms with E-state index in [1.807, 2.05) is 0 Å². The zero-order chi connectivity index (χ0) is 15.3. The molecule has 0 unspecified atom stereocenters. The van der Waals surface area contributed by atoms with Gasteiger partial charge in [-0.2, -0.15) is 8.78 Å². The van der Waals surface area contributed by atoms with Crippen LogP contribution in [0.4, 0.5) is 8.78 Å². The number of ether oxygens (including phenoxy) is 1. The molecule has 0 radical (unpaired) electrons. The van der Waals surface area contributed by atoms with Crippen molar-refractivity contribution >= 4 is 17.5 Å². The summed E-state index contributed by atoms with van der Waals surface area (Å²) in [6.45, 7) is -2.32. The van der Waals surface area contributed by atoms with E-state index in [4.69, 9.17) is 11.6 Å². The highest BCUT2D eigenvalue weighted by Gasteiger charge is 2.33. The lowest BCUT2D eigenvalue weighted by atomic mass is 9.88. The number of nitrogens with one attached hydrogen (secondary N) is 1. The topological polar surface area (TPSA) is 38.3 Å². The standard InChI is InChI=1S/C15H18ClF2NO2/c16-9-15(7-1-2-8-15)10-19-13(20)11-3-5-12(6-4-11)21-14(17)18/h3-6,14H,1-2,7-10H2,(H,19,20). The molecule has 0 spiro atoms. The van der Waals surface area contributed by atoms with Gasteiger partial charge < -0.3 is 10.1 Å². The fourth-order valence-electron chi connectivity index (χ4n) is 2.64. The Morgan fingerprint density at radius 2 is 1.90 bits per heavy atom. The molecule has 1 N–H and O–H groups in total. The second-order valence-corrected chi connectivity index (χ2v) is 5.69. The molecule has 3 nitrogen and oxygen atoms in total. The zero-order valence-corrected chi connectivity index (χ0v) is 12.3. The molecule has 116 valence electrons. The smallest absolute Gasteiger partial charge is 0.387 e. The monoisotopic (exact) mass is 317 g/mol. The maximum absolute atomic E-state index is 12.0. The molecule has 1 aliphatic carbocycles. The van der Waals surface area contributed by atoms with Gasteiger partial charge in [-0.15, -0.1) is 11.6 Å². The van der Waals surface area contributed by atoms with Crippen molar-refractivity contribution in [1.29, 1.82) is 0 Å². The lowest BCUT2D eigenvalue weighted by molar-refractivity contribution is -0.0498. The van der Waals surface area contributed by atoms with Crippen LogP contribution >= 0.6 is 11.6 Å². The molecule has 6 heteroatoms. The minimum atomic E-state index is -2.87. The van der Waals surface area contributed by atoms with Crippen molar-refractivity contribution in [3.63, 3.8) is 0 Å². The third-order valence-electron chi connectivity index (χ3n) is 3.91. The summed E-state index contributed by atoms with van der Waals surface area (Å²) >= 11 is 6.02. The number of carbonyl (C=O) groups excluding carboxylic acids is 1. The van der Waals surface area contributed by atoms with Crippen molar-refractivity contribution in [3.8, 4) is 5.75 Å². The maximum atomic E-state index is 12.0. The predicted octanol–water partition coefficient (Wildman–Crippen LogP) is 3.82. The SMILES string of the molecule is O=C(NCC1(CCl)CCCC1)c1ccc(OC(F)F)cc1. The van der Waals surface area contributed by atoms with Crippen LogP contribution in [0.15, 0.2) is 24.3 Å². The number of hydrogen-bond acceptors (Lipinski definition) is 2. The van der Waals surface area contributed by atoms with Gasteiger partial charge in [0.15, 0.2) is 0 Å². The van der Waals surface area contributed by atoms with E-state index in [1.54, 1.807) is 0 Å². The zero-order valence-electron chi connectivity index (χ0n) is 11.6. The molecular weight excluding hydrogens is 300 g/mol. The summed E-state index contributed by atoms with van der Waals surface area (Å²) in [6.07, 6.45) is 4.33. The van der Waals surface area contributed by atoms with Crippen LogP contribution in [0.1, 0.15) is 36.0 Å². The van der Waals surface area contributed by atoms with Crippen molar-refractivity contribution in [2.75, 3.05) is 12.4 Å². The van der Waals surface area contributed by atoms with Gasteiger partial charge in [0.1, 0.15) is 5.75 Å². The highest BCUT2D eigenvalue weighted by atomic mass is 35.5. The summed E-state index contributed by atoms with van der Waals surface area (Å²) in [5, 5.41) is 2.88. The Morgan fingerprint density at radius 1 is 1.29 bits per heavy atom. The minimum absolute atomic E-state index is 0.00402. The second kappa shape index (κ2) is 7.07. The highest BCUT2D eigenvalue weighted by Crippen LogP contribution is 2.38. The highest BCUT2D eigenvalue weighted by molar-refractivity contribution is 6.18. The first kappa shape index (κ1) is 16.0. The summed E-state index contributed by atoms with van der Waals surface area (Å²) in [6, 6.07) is 5.64. The molecule has 21 heavy (non-hydrogen) atoms. The van der Waals surface area contributed by atoms with Gasteiger partial charge >= 0.3 is 6.61 Å². The predicted molar refractivity (Wildman–Crippen MR) is 77.0 cm³/mol. The lowest BCUT2D eigenvalue weighted by Gasteiger charge is -2.26. The van der Waals surface area contributed by atoms with Gasteiger partial charge in [-0.25, -0.2) is 0 Å². The van der Waals surface area contributed by atoms with Crippen LogP contribution in [0.2, 0.25) is 0 Å². The van der Waals surface area contributed by atoms with Crippen LogP contribution in [0.3, 0.4) is 0 Å². The third-order valence-corrected chi connectivity index (χ3v) is 4.48. The van der Waals surface area contributed by atoms with Gasteiger partial charge in [0.2, 0.25) is 0 Å². The average Bonchev–Trinajstić information content (AvgIpc) is 2.94. The van der Waals surface area contributed by atoms with Crippen LogP contribution in [-0.4, -0.2) is 24.9 Å². The number of amides is 1. The van der Waals surface area contributed by atoms with Crippen LogP contribution in [0.5, 0.6) is 5.75 Å². The largest absolute Gasteiger partial charge is 0.435 e. The van der Waals surface area contributed by atoms with Gasteiger partial charge in [-0.3, -0.25) is 4.79 Å². The van der Waals surface area contributed by atoms with E-state index in [0.717, 1.165) is 25.7 Å². The van der Waals surface area contributed by atoms with Crippen molar-refractivity contribution in [1.82, 2.24) is 5.32 Å². The number of benzene rings is 1. The van der Waals surface area contributed by atoms with E-state index >= 15 is 0 Å². The molecule has 0 aliphatic heterocycles. The molecule has 1 amide bonds. The fraction of sp³-hybridized carbons (Fsp3) is 0.533. The van der Waals surface area contributed by atoms with E-state index in [0.29, 0.717) is 18.0 Å². The van der Waals surface area contributed by atoms with E-state index in [-0.39, 0.29) is 17.1 Å². The first-order valence-electron chi connectivity index (χ1n) is 6.94. The summed E-state index contributed by atoms with van der Waals surface area (Å²) in [5.74, 6) is 0.346. The Bertz CT molecular complexity index is 473. The molecule has 0 heterocycles. The van der Waals surface area contributed by atoms with Gasteiger partial charge in [-0.1, -0.05) is 12.8 Å². The Morgan fingerprint density at radius 3 is 2.43 bits per heavy atom. The molecular formula is C15H18ClF2NO2. The molecule has 0 bridgehead atoms. The van der Waals surface area contributed by atoms with Crippen LogP contribution in [-0.2, 0) is 0 Å². The quantitative estimate of drug-likeness (QED) is 0.810. The molecule has 1 aromatic rings. The van der Waals surface area contributed by atoms with Crippen LogP contribution in [0, 0.1) is 5.41 Å². The molecule has 2 rings (SSSR count). The molecule has 1 fully saturated rings. The molecule has 0 saturated heterocycles. The van der Waals surface area contributed by atoms with Gasteiger partial charge in [0.25, 0.3) is 5.91 Å². The molecule has 1 aliphatic rings. The maximum Gasteiger partial charge on any atom is 0.387 e. The van der Waals surface area contributed by atoms with Gasteiger partial charge in [0.05, 0.1) is 0 Å². The normalized spacial score (nSPS) is 17.0.